The number of carbonyl (C=O) groups excluding carboxylic acids is 3. The number of ether oxygens (including phenoxy) is 2. The number of halogens is 1. The number of esters is 1. The minimum atomic E-state index is -0.988. The van der Waals surface area contributed by atoms with E-state index in [0.717, 1.165) is 37.9 Å². The summed E-state index contributed by atoms with van der Waals surface area (Å²) in [5, 5.41) is 3.26. The highest BCUT2D eigenvalue weighted by Gasteiger charge is 2.33. The molecular formula is C22H30ClN3O5. The van der Waals surface area contributed by atoms with E-state index in [1.54, 1.807) is 17.0 Å². The van der Waals surface area contributed by atoms with E-state index in [9.17, 15) is 14.4 Å². The predicted molar refractivity (Wildman–Crippen MR) is 117 cm³/mol. The maximum Gasteiger partial charge on any atom is 0.320 e. The normalized spacial score (nSPS) is 19.7. The lowest BCUT2D eigenvalue weighted by atomic mass is 9.98. The van der Waals surface area contributed by atoms with E-state index in [1.807, 2.05) is 11.8 Å². The number of hydrogen-bond donors (Lipinski definition) is 1. The van der Waals surface area contributed by atoms with Crippen LogP contribution >= 0.6 is 11.6 Å². The number of methoxy groups -OCH3 is 1. The van der Waals surface area contributed by atoms with Gasteiger partial charge < -0.3 is 24.6 Å². The number of benzene rings is 1. The molecule has 0 bridgehead atoms. The van der Waals surface area contributed by atoms with Crippen molar-refractivity contribution in [2.45, 2.75) is 45.6 Å². The van der Waals surface area contributed by atoms with Crippen LogP contribution in [-0.4, -0.2) is 67.1 Å². The summed E-state index contributed by atoms with van der Waals surface area (Å²) in [6.07, 6.45) is 2.44. The van der Waals surface area contributed by atoms with Gasteiger partial charge in [-0.2, -0.15) is 0 Å². The van der Waals surface area contributed by atoms with Crippen LogP contribution in [0.2, 0.25) is 5.02 Å². The van der Waals surface area contributed by atoms with Gasteiger partial charge in [0.2, 0.25) is 0 Å². The third-order valence-electron chi connectivity index (χ3n) is 5.80. The van der Waals surface area contributed by atoms with Crippen molar-refractivity contribution >= 4 is 35.2 Å². The van der Waals surface area contributed by atoms with Crippen LogP contribution < -0.4 is 10.1 Å². The van der Waals surface area contributed by atoms with Crippen LogP contribution in [0.3, 0.4) is 0 Å². The van der Waals surface area contributed by atoms with Gasteiger partial charge >= 0.3 is 12.0 Å². The van der Waals surface area contributed by atoms with Crippen molar-refractivity contribution in [1.29, 1.82) is 0 Å². The Morgan fingerprint density at radius 3 is 2.48 bits per heavy atom. The fourth-order valence-electron chi connectivity index (χ4n) is 3.94. The first-order valence-electron chi connectivity index (χ1n) is 10.7. The predicted octanol–water partition coefficient (Wildman–Crippen LogP) is 3.46. The quantitative estimate of drug-likeness (QED) is 0.692. The molecule has 2 fully saturated rings. The summed E-state index contributed by atoms with van der Waals surface area (Å²) in [5.74, 6) is -0.927. The van der Waals surface area contributed by atoms with Crippen LogP contribution in [0, 0.1) is 12.8 Å². The minimum Gasteiger partial charge on any atom is -0.495 e. The van der Waals surface area contributed by atoms with Crippen LogP contribution in [0.5, 0.6) is 5.75 Å². The van der Waals surface area contributed by atoms with Gasteiger partial charge in [0.15, 0.2) is 6.10 Å². The number of carbonyl (C=O) groups is 3. The van der Waals surface area contributed by atoms with Gasteiger partial charge in [0.05, 0.1) is 18.7 Å². The third-order valence-corrected chi connectivity index (χ3v) is 6.21. The molecule has 1 aromatic rings. The Hall–Kier alpha value is -2.48. The number of nitrogens with zero attached hydrogens (tertiary/aromatic N) is 2. The average Bonchev–Trinajstić information content (AvgIpc) is 3.30. The molecule has 0 radical (unpaired) electrons. The number of anilines is 1. The lowest BCUT2D eigenvalue weighted by Crippen LogP contribution is -2.48. The standard InChI is InChI=1S/C22H30ClN3O5/c1-14-11-18(19(30-3)12-17(14)23)24-20(27)15(2)31-21(28)16-7-6-10-26(13-16)22(29)25-8-4-5-9-25/h11-12,15-16H,4-10,13H2,1-3H3,(H,24,27)/t15-,16+/m1/s1. The van der Waals surface area contributed by atoms with E-state index in [4.69, 9.17) is 21.1 Å². The first kappa shape index (κ1) is 23.2. The van der Waals surface area contributed by atoms with Crippen molar-refractivity contribution in [3.8, 4) is 5.75 Å². The van der Waals surface area contributed by atoms with E-state index in [0.29, 0.717) is 36.0 Å². The molecule has 0 saturated carbocycles. The maximum absolute atomic E-state index is 12.7. The smallest absolute Gasteiger partial charge is 0.320 e. The summed E-state index contributed by atoms with van der Waals surface area (Å²) in [4.78, 5) is 41.5. The van der Waals surface area contributed by atoms with Crippen molar-refractivity contribution in [2.75, 3.05) is 38.6 Å². The molecule has 0 unspecified atom stereocenters. The van der Waals surface area contributed by atoms with E-state index >= 15 is 0 Å². The van der Waals surface area contributed by atoms with Crippen LogP contribution in [0.4, 0.5) is 10.5 Å². The summed E-state index contributed by atoms with van der Waals surface area (Å²) < 4.78 is 10.7. The molecule has 0 spiro atoms. The molecule has 3 rings (SSSR count). The highest BCUT2D eigenvalue weighted by Crippen LogP contribution is 2.31. The third kappa shape index (κ3) is 5.61. The molecule has 2 aliphatic heterocycles. The second-order valence-electron chi connectivity index (χ2n) is 8.13. The first-order valence-corrected chi connectivity index (χ1v) is 11.1. The van der Waals surface area contributed by atoms with Crippen LogP contribution in [0.1, 0.15) is 38.2 Å². The summed E-state index contributed by atoms with van der Waals surface area (Å²) >= 11 is 6.10. The molecule has 2 heterocycles. The summed E-state index contributed by atoms with van der Waals surface area (Å²) in [6, 6.07) is 3.32. The zero-order valence-electron chi connectivity index (χ0n) is 18.3. The molecule has 8 nitrogen and oxygen atoms in total. The summed E-state index contributed by atoms with van der Waals surface area (Å²) in [5.41, 5.74) is 1.24. The van der Waals surface area contributed by atoms with Crippen LogP contribution in [0.15, 0.2) is 12.1 Å². The monoisotopic (exact) mass is 451 g/mol. The van der Waals surface area contributed by atoms with Gasteiger partial charge in [-0.3, -0.25) is 9.59 Å². The first-order chi connectivity index (χ1) is 14.8. The number of rotatable bonds is 5. The SMILES string of the molecule is COc1cc(Cl)c(C)cc1NC(=O)[C@@H](C)OC(=O)[C@H]1CCCN(C(=O)N2CCCC2)C1. The number of piperidine rings is 1. The Labute approximate surface area is 187 Å². The fraction of sp³-hybridized carbons (Fsp3) is 0.591. The molecule has 2 saturated heterocycles. The van der Waals surface area contributed by atoms with E-state index in [1.165, 1.54) is 14.0 Å². The topological polar surface area (TPSA) is 88.2 Å². The molecule has 0 aromatic heterocycles. The number of hydrogen-bond acceptors (Lipinski definition) is 5. The summed E-state index contributed by atoms with van der Waals surface area (Å²) in [7, 11) is 1.48. The highest BCUT2D eigenvalue weighted by molar-refractivity contribution is 6.31. The van der Waals surface area contributed by atoms with E-state index in [-0.39, 0.29) is 6.03 Å². The van der Waals surface area contributed by atoms with Gasteiger partial charge in [0, 0.05) is 37.3 Å². The Morgan fingerprint density at radius 1 is 1.13 bits per heavy atom. The van der Waals surface area contributed by atoms with Crippen molar-refractivity contribution in [1.82, 2.24) is 9.80 Å². The Bertz CT molecular complexity index is 841. The molecule has 0 aliphatic carbocycles. The molecule has 3 amide bonds. The number of aryl methyl sites for hydroxylation is 1. The van der Waals surface area contributed by atoms with Gasteiger partial charge in [-0.15, -0.1) is 0 Å². The van der Waals surface area contributed by atoms with Gasteiger partial charge in [-0.25, -0.2) is 4.79 Å². The second-order valence-corrected chi connectivity index (χ2v) is 8.54. The molecular weight excluding hydrogens is 422 g/mol. The van der Waals surface area contributed by atoms with Crippen molar-refractivity contribution < 1.29 is 23.9 Å². The average molecular weight is 452 g/mol. The molecule has 2 aliphatic rings. The highest BCUT2D eigenvalue weighted by atomic mass is 35.5. The summed E-state index contributed by atoms with van der Waals surface area (Å²) in [6.45, 7) is 5.86. The van der Waals surface area contributed by atoms with Gasteiger partial charge in [0.25, 0.3) is 5.91 Å². The molecule has 1 N–H and O–H groups in total. The van der Waals surface area contributed by atoms with E-state index < -0.39 is 23.9 Å². The lowest BCUT2D eigenvalue weighted by molar-refractivity contribution is -0.158. The minimum absolute atomic E-state index is 0.00834. The number of likely N-dealkylation sites (tertiary alicyclic amines) is 2. The Morgan fingerprint density at radius 2 is 1.81 bits per heavy atom. The number of urea groups is 1. The molecule has 2 atom stereocenters. The van der Waals surface area contributed by atoms with Crippen molar-refractivity contribution in [2.24, 2.45) is 5.92 Å². The zero-order chi connectivity index (χ0) is 22.5. The lowest BCUT2D eigenvalue weighted by Gasteiger charge is -2.34. The van der Waals surface area contributed by atoms with Crippen LogP contribution in [0.25, 0.3) is 0 Å². The molecule has 31 heavy (non-hydrogen) atoms. The second kappa shape index (κ2) is 10.2. The number of nitrogens with one attached hydrogen (secondary N) is 1. The largest absolute Gasteiger partial charge is 0.495 e. The van der Waals surface area contributed by atoms with Crippen molar-refractivity contribution in [3.63, 3.8) is 0 Å². The Kier molecular flexibility index (Phi) is 7.64. The zero-order valence-corrected chi connectivity index (χ0v) is 19.0. The van der Waals surface area contributed by atoms with Crippen LogP contribution in [-0.2, 0) is 14.3 Å². The Balaban J connectivity index is 1.56. The molecule has 9 heteroatoms. The molecule has 170 valence electrons. The maximum atomic E-state index is 12.7. The number of amides is 3. The van der Waals surface area contributed by atoms with Gasteiger partial charge in [-0.1, -0.05) is 11.6 Å². The molecule has 1 aromatic carbocycles. The van der Waals surface area contributed by atoms with Gasteiger partial charge in [-0.05, 0) is 51.2 Å². The van der Waals surface area contributed by atoms with Gasteiger partial charge in [0.1, 0.15) is 5.75 Å². The fourth-order valence-corrected chi connectivity index (χ4v) is 4.09. The van der Waals surface area contributed by atoms with Crippen molar-refractivity contribution in [3.05, 3.63) is 22.7 Å². The van der Waals surface area contributed by atoms with E-state index in [2.05, 4.69) is 5.32 Å².